The van der Waals surface area contributed by atoms with Gasteiger partial charge in [-0.3, -0.25) is 14.5 Å². The third-order valence-corrected chi connectivity index (χ3v) is 6.22. The molecule has 0 aliphatic carbocycles. The standard InChI is InChI=1S/C22H27N3O2/c1-16-7-3-4-8-18(16)22-19-15-25(14-17(19)13-23(22)2)21(27)10-12-24-11-6-5-9-20(24)26/h3-9,11,17,19,22H,10,12-15H2,1-2H3/t17-,19+,22-/m0/s1. The number of carbonyl (C=O) groups is 1. The quantitative estimate of drug-likeness (QED) is 0.835. The van der Waals surface area contributed by atoms with Crippen molar-refractivity contribution in [2.24, 2.45) is 11.8 Å². The van der Waals surface area contributed by atoms with E-state index >= 15 is 0 Å². The Labute approximate surface area is 160 Å². The number of likely N-dealkylation sites (tertiary alicyclic amines) is 2. The van der Waals surface area contributed by atoms with Crippen LogP contribution in [-0.4, -0.2) is 47.0 Å². The zero-order valence-corrected chi connectivity index (χ0v) is 16.0. The van der Waals surface area contributed by atoms with Gasteiger partial charge in [-0.15, -0.1) is 0 Å². The van der Waals surface area contributed by atoms with Crippen molar-refractivity contribution in [3.8, 4) is 0 Å². The number of amides is 1. The van der Waals surface area contributed by atoms with Gasteiger partial charge in [-0.2, -0.15) is 0 Å². The maximum absolute atomic E-state index is 12.7. The highest BCUT2D eigenvalue weighted by atomic mass is 16.2. The van der Waals surface area contributed by atoms with Gasteiger partial charge in [-0.05, 0) is 37.1 Å². The normalized spacial score (nSPS) is 25.0. The summed E-state index contributed by atoms with van der Waals surface area (Å²) in [6.07, 6.45) is 2.13. The van der Waals surface area contributed by atoms with E-state index in [1.54, 1.807) is 16.8 Å². The number of carbonyl (C=O) groups excluding carboxylic acids is 1. The second kappa shape index (κ2) is 7.31. The molecule has 2 aliphatic rings. The highest BCUT2D eigenvalue weighted by molar-refractivity contribution is 5.76. The average Bonchev–Trinajstić information content (AvgIpc) is 3.18. The first-order valence-corrected chi connectivity index (χ1v) is 9.73. The molecule has 1 amide bonds. The highest BCUT2D eigenvalue weighted by Gasteiger charge is 2.47. The Morgan fingerprint density at radius 2 is 1.85 bits per heavy atom. The summed E-state index contributed by atoms with van der Waals surface area (Å²) in [5.41, 5.74) is 2.66. The lowest BCUT2D eigenvalue weighted by Gasteiger charge is -2.28. The molecule has 142 valence electrons. The van der Waals surface area contributed by atoms with Gasteiger partial charge in [0.25, 0.3) is 5.56 Å². The first-order chi connectivity index (χ1) is 13.0. The minimum atomic E-state index is -0.0511. The Morgan fingerprint density at radius 1 is 1.07 bits per heavy atom. The average molecular weight is 365 g/mol. The fourth-order valence-electron chi connectivity index (χ4n) is 4.87. The van der Waals surface area contributed by atoms with Crippen LogP contribution in [0.25, 0.3) is 0 Å². The molecule has 0 radical (unpaired) electrons. The number of nitrogens with zero attached hydrogens (tertiary/aromatic N) is 3. The van der Waals surface area contributed by atoms with Gasteiger partial charge in [-0.25, -0.2) is 0 Å². The molecular formula is C22H27N3O2. The first kappa shape index (κ1) is 18.0. The Bertz CT molecular complexity index is 891. The van der Waals surface area contributed by atoms with Crippen molar-refractivity contribution < 1.29 is 4.79 Å². The van der Waals surface area contributed by atoms with Gasteiger partial charge in [0.2, 0.25) is 5.91 Å². The summed E-state index contributed by atoms with van der Waals surface area (Å²) >= 11 is 0. The molecule has 5 heteroatoms. The minimum Gasteiger partial charge on any atom is -0.342 e. The van der Waals surface area contributed by atoms with Gasteiger partial charge in [0.1, 0.15) is 0 Å². The van der Waals surface area contributed by atoms with E-state index in [2.05, 4.69) is 43.1 Å². The van der Waals surface area contributed by atoms with Crippen LogP contribution in [0.1, 0.15) is 23.6 Å². The van der Waals surface area contributed by atoms with Crippen LogP contribution >= 0.6 is 0 Å². The molecule has 3 atom stereocenters. The molecule has 0 unspecified atom stereocenters. The third kappa shape index (κ3) is 3.44. The third-order valence-electron chi connectivity index (χ3n) is 6.22. The maximum Gasteiger partial charge on any atom is 0.250 e. The predicted molar refractivity (Wildman–Crippen MR) is 105 cm³/mol. The number of hydrogen-bond acceptors (Lipinski definition) is 3. The van der Waals surface area contributed by atoms with Crippen molar-refractivity contribution in [2.75, 3.05) is 26.7 Å². The van der Waals surface area contributed by atoms with E-state index in [1.165, 1.54) is 17.2 Å². The number of aromatic nitrogens is 1. The molecule has 5 nitrogen and oxygen atoms in total. The Hall–Kier alpha value is -2.40. The van der Waals surface area contributed by atoms with Crippen molar-refractivity contribution in [1.29, 1.82) is 0 Å². The molecule has 27 heavy (non-hydrogen) atoms. The summed E-state index contributed by atoms with van der Waals surface area (Å²) in [6, 6.07) is 14.1. The SMILES string of the molecule is Cc1ccccc1[C@H]1[C@@H]2CN(C(=O)CCn3ccccc3=O)C[C@@H]2CN1C. The molecule has 2 fully saturated rings. The van der Waals surface area contributed by atoms with E-state index in [0.717, 1.165) is 19.6 Å². The molecule has 0 N–H and O–H groups in total. The van der Waals surface area contributed by atoms with Crippen molar-refractivity contribution in [1.82, 2.24) is 14.4 Å². The molecule has 4 rings (SSSR count). The van der Waals surface area contributed by atoms with Crippen molar-refractivity contribution in [2.45, 2.75) is 25.9 Å². The fourth-order valence-corrected chi connectivity index (χ4v) is 4.87. The largest absolute Gasteiger partial charge is 0.342 e. The minimum absolute atomic E-state index is 0.0511. The summed E-state index contributed by atoms with van der Waals surface area (Å²) in [6.45, 7) is 5.31. The van der Waals surface area contributed by atoms with E-state index in [0.29, 0.717) is 30.8 Å². The van der Waals surface area contributed by atoms with Crippen molar-refractivity contribution in [3.63, 3.8) is 0 Å². The lowest BCUT2D eigenvalue weighted by Crippen LogP contribution is -2.34. The highest BCUT2D eigenvalue weighted by Crippen LogP contribution is 2.44. The van der Waals surface area contributed by atoms with Crippen LogP contribution in [0.2, 0.25) is 0 Å². The fraction of sp³-hybridized carbons (Fsp3) is 0.455. The van der Waals surface area contributed by atoms with Gasteiger partial charge < -0.3 is 9.47 Å². The van der Waals surface area contributed by atoms with Crippen LogP contribution in [0.4, 0.5) is 0 Å². The summed E-state index contributed by atoms with van der Waals surface area (Å²) in [4.78, 5) is 29.0. The van der Waals surface area contributed by atoms with E-state index in [1.807, 2.05) is 11.0 Å². The monoisotopic (exact) mass is 365 g/mol. The number of rotatable bonds is 4. The Kier molecular flexibility index (Phi) is 4.87. The molecule has 1 aromatic carbocycles. The summed E-state index contributed by atoms with van der Waals surface area (Å²) in [5.74, 6) is 1.17. The molecule has 2 aromatic rings. The molecule has 0 spiro atoms. The molecule has 0 bridgehead atoms. The zero-order valence-electron chi connectivity index (χ0n) is 16.0. The van der Waals surface area contributed by atoms with Gasteiger partial charge in [0.15, 0.2) is 0 Å². The van der Waals surface area contributed by atoms with Gasteiger partial charge >= 0.3 is 0 Å². The lowest BCUT2D eigenvalue weighted by molar-refractivity contribution is -0.130. The Balaban J connectivity index is 1.43. The Morgan fingerprint density at radius 3 is 2.63 bits per heavy atom. The molecule has 1 aromatic heterocycles. The number of hydrogen-bond donors (Lipinski definition) is 0. The van der Waals surface area contributed by atoms with E-state index < -0.39 is 0 Å². The second-order valence-electron chi connectivity index (χ2n) is 7.95. The first-order valence-electron chi connectivity index (χ1n) is 9.73. The van der Waals surface area contributed by atoms with Crippen LogP contribution in [0, 0.1) is 18.8 Å². The predicted octanol–water partition coefficient (Wildman–Crippen LogP) is 2.31. The molecule has 0 saturated carbocycles. The van der Waals surface area contributed by atoms with Crippen molar-refractivity contribution >= 4 is 5.91 Å². The number of aryl methyl sites for hydroxylation is 2. The van der Waals surface area contributed by atoms with E-state index in [-0.39, 0.29) is 11.5 Å². The van der Waals surface area contributed by atoms with E-state index in [9.17, 15) is 9.59 Å². The van der Waals surface area contributed by atoms with Gasteiger partial charge in [-0.1, -0.05) is 30.3 Å². The summed E-state index contributed by atoms with van der Waals surface area (Å²) in [7, 11) is 2.20. The van der Waals surface area contributed by atoms with Gasteiger partial charge in [0, 0.05) is 56.8 Å². The molecule has 2 aliphatic heterocycles. The zero-order chi connectivity index (χ0) is 19.0. The molecular weight excluding hydrogens is 338 g/mol. The van der Waals surface area contributed by atoms with Crippen LogP contribution in [0.3, 0.4) is 0 Å². The lowest BCUT2D eigenvalue weighted by atomic mass is 9.88. The number of pyridine rings is 1. The maximum atomic E-state index is 12.7. The summed E-state index contributed by atoms with van der Waals surface area (Å²) in [5, 5.41) is 0. The second-order valence-corrected chi connectivity index (χ2v) is 7.95. The topological polar surface area (TPSA) is 45.6 Å². The van der Waals surface area contributed by atoms with Gasteiger partial charge in [0.05, 0.1) is 0 Å². The van der Waals surface area contributed by atoms with Crippen molar-refractivity contribution in [3.05, 3.63) is 70.1 Å². The van der Waals surface area contributed by atoms with Crippen LogP contribution in [0.5, 0.6) is 0 Å². The van der Waals surface area contributed by atoms with Crippen LogP contribution in [-0.2, 0) is 11.3 Å². The van der Waals surface area contributed by atoms with E-state index in [4.69, 9.17) is 0 Å². The number of benzene rings is 1. The molecule has 2 saturated heterocycles. The van der Waals surface area contributed by atoms with Crippen LogP contribution in [0.15, 0.2) is 53.5 Å². The molecule has 3 heterocycles. The summed E-state index contributed by atoms with van der Waals surface area (Å²) < 4.78 is 1.61. The van der Waals surface area contributed by atoms with Crippen LogP contribution < -0.4 is 5.56 Å². The smallest absolute Gasteiger partial charge is 0.250 e. The number of fused-ring (bicyclic) bond motifs is 1.